The molecule has 22 heavy (non-hydrogen) atoms. The second-order valence-electron chi connectivity index (χ2n) is 7.63. The smallest absolute Gasteiger partial charge is 0.410 e. The van der Waals surface area contributed by atoms with Gasteiger partial charge < -0.3 is 14.4 Å². The Morgan fingerprint density at radius 1 is 1.14 bits per heavy atom. The summed E-state index contributed by atoms with van der Waals surface area (Å²) in [5, 5.41) is 0. The van der Waals surface area contributed by atoms with E-state index in [-0.39, 0.29) is 12.2 Å². The number of rotatable bonds is 3. The van der Waals surface area contributed by atoms with Crippen LogP contribution in [0.4, 0.5) is 4.79 Å². The quantitative estimate of drug-likeness (QED) is 0.384. The lowest BCUT2D eigenvalue weighted by molar-refractivity contribution is 0.0150. The number of halogens is 1. The predicted octanol–water partition coefficient (Wildman–Crippen LogP) is 4.40. The number of nitrogens with zero attached hydrogens (tertiary/aromatic N) is 1. The van der Waals surface area contributed by atoms with Crippen molar-refractivity contribution in [2.45, 2.75) is 74.9 Å². The number of hydrogen-bond donors (Lipinski definition) is 0. The van der Waals surface area contributed by atoms with Crippen molar-refractivity contribution >= 4 is 28.7 Å². The highest BCUT2D eigenvalue weighted by molar-refractivity contribution is 14.1. The Hall–Kier alpha value is -0.0400. The van der Waals surface area contributed by atoms with Gasteiger partial charge in [0, 0.05) is 13.2 Å². The van der Waals surface area contributed by atoms with Gasteiger partial charge in [-0.3, -0.25) is 0 Å². The normalized spacial score (nSPS) is 27.7. The standard InChI is InChI=1S/C17H30INO3/c1-17(2,3)22-16(20)19-10-14(18)15(11-19)21-12-13-8-6-4-5-7-9-13/h13-15H,4-12H2,1-3H3. The predicted molar refractivity (Wildman–Crippen MR) is 96.5 cm³/mol. The molecule has 0 spiro atoms. The van der Waals surface area contributed by atoms with Gasteiger partial charge in [-0.25, -0.2) is 4.79 Å². The first kappa shape index (κ1) is 18.3. The minimum atomic E-state index is -0.433. The average Bonchev–Trinajstić information content (AvgIpc) is 2.62. The first-order valence-electron chi connectivity index (χ1n) is 8.59. The average molecular weight is 423 g/mol. The van der Waals surface area contributed by atoms with E-state index in [1.165, 1.54) is 38.5 Å². The molecule has 0 aromatic heterocycles. The molecule has 1 amide bonds. The van der Waals surface area contributed by atoms with Gasteiger partial charge in [0.2, 0.25) is 0 Å². The van der Waals surface area contributed by atoms with E-state index in [0.717, 1.165) is 13.2 Å². The van der Waals surface area contributed by atoms with E-state index in [4.69, 9.17) is 9.47 Å². The molecule has 1 saturated carbocycles. The van der Waals surface area contributed by atoms with E-state index < -0.39 is 5.60 Å². The van der Waals surface area contributed by atoms with Crippen LogP contribution in [0.25, 0.3) is 0 Å². The maximum absolute atomic E-state index is 12.1. The first-order chi connectivity index (χ1) is 10.3. The van der Waals surface area contributed by atoms with Gasteiger partial charge in [0.15, 0.2) is 0 Å². The lowest BCUT2D eigenvalue weighted by Gasteiger charge is -2.24. The van der Waals surface area contributed by atoms with Crippen molar-refractivity contribution in [2.75, 3.05) is 19.7 Å². The third-order valence-electron chi connectivity index (χ3n) is 4.37. The third kappa shape index (κ3) is 5.87. The summed E-state index contributed by atoms with van der Waals surface area (Å²) in [6.07, 6.45) is 7.98. The summed E-state index contributed by atoms with van der Waals surface area (Å²) in [4.78, 5) is 13.9. The molecule has 0 aromatic carbocycles. The second kappa shape index (κ2) is 8.18. The highest BCUT2D eigenvalue weighted by Gasteiger charge is 2.36. The van der Waals surface area contributed by atoms with Crippen LogP contribution in [0, 0.1) is 5.92 Å². The molecule has 1 saturated heterocycles. The van der Waals surface area contributed by atoms with E-state index >= 15 is 0 Å². The van der Waals surface area contributed by atoms with Crippen LogP contribution in [-0.4, -0.2) is 46.3 Å². The molecule has 0 aromatic rings. The van der Waals surface area contributed by atoms with Crippen LogP contribution < -0.4 is 0 Å². The molecule has 2 aliphatic rings. The van der Waals surface area contributed by atoms with Crippen LogP contribution in [0.3, 0.4) is 0 Å². The molecule has 2 rings (SSSR count). The van der Waals surface area contributed by atoms with Gasteiger partial charge in [-0.05, 0) is 39.5 Å². The number of carbonyl (C=O) groups excluding carboxylic acids is 1. The largest absolute Gasteiger partial charge is 0.444 e. The minimum absolute atomic E-state index is 0.149. The van der Waals surface area contributed by atoms with Crippen molar-refractivity contribution in [3.8, 4) is 0 Å². The van der Waals surface area contributed by atoms with Gasteiger partial charge in [0.25, 0.3) is 0 Å². The molecular weight excluding hydrogens is 393 g/mol. The number of amides is 1. The molecule has 5 heteroatoms. The SMILES string of the molecule is CC(C)(C)OC(=O)N1CC(I)C(OCC2CCCCCC2)C1. The number of likely N-dealkylation sites (tertiary alicyclic amines) is 1. The highest BCUT2D eigenvalue weighted by atomic mass is 127. The van der Waals surface area contributed by atoms with Crippen molar-refractivity contribution in [3.05, 3.63) is 0 Å². The summed E-state index contributed by atoms with van der Waals surface area (Å²) >= 11 is 2.41. The first-order valence-corrected chi connectivity index (χ1v) is 9.83. The summed E-state index contributed by atoms with van der Waals surface area (Å²) in [6.45, 7) is 7.96. The van der Waals surface area contributed by atoms with E-state index in [1.807, 2.05) is 20.8 Å². The number of hydrogen-bond acceptors (Lipinski definition) is 3. The van der Waals surface area contributed by atoms with Crippen molar-refractivity contribution in [1.82, 2.24) is 4.90 Å². The Bertz CT molecular complexity index is 361. The van der Waals surface area contributed by atoms with Crippen molar-refractivity contribution in [1.29, 1.82) is 0 Å². The van der Waals surface area contributed by atoms with E-state index in [9.17, 15) is 4.79 Å². The van der Waals surface area contributed by atoms with Crippen LogP contribution >= 0.6 is 22.6 Å². The molecule has 2 unspecified atom stereocenters. The summed E-state index contributed by atoms with van der Waals surface area (Å²) in [5.41, 5.74) is -0.433. The van der Waals surface area contributed by atoms with Crippen LogP contribution in [0.5, 0.6) is 0 Å². The minimum Gasteiger partial charge on any atom is -0.444 e. The van der Waals surface area contributed by atoms with E-state index in [0.29, 0.717) is 16.4 Å². The summed E-state index contributed by atoms with van der Waals surface area (Å²) < 4.78 is 12.0. The van der Waals surface area contributed by atoms with E-state index in [1.54, 1.807) is 4.90 Å². The van der Waals surface area contributed by atoms with Crippen molar-refractivity contribution in [2.24, 2.45) is 5.92 Å². The Morgan fingerprint density at radius 2 is 1.77 bits per heavy atom. The zero-order chi connectivity index (χ0) is 16.2. The lowest BCUT2D eigenvalue weighted by Crippen LogP contribution is -2.36. The molecule has 0 N–H and O–H groups in total. The molecule has 2 atom stereocenters. The van der Waals surface area contributed by atoms with Crippen molar-refractivity contribution < 1.29 is 14.3 Å². The maximum atomic E-state index is 12.1. The van der Waals surface area contributed by atoms with Gasteiger partial charge in [-0.2, -0.15) is 0 Å². The number of carbonyl (C=O) groups is 1. The third-order valence-corrected chi connectivity index (χ3v) is 5.57. The zero-order valence-corrected chi connectivity index (χ0v) is 16.3. The summed E-state index contributed by atoms with van der Waals surface area (Å²) in [7, 11) is 0. The number of ether oxygens (including phenoxy) is 2. The summed E-state index contributed by atoms with van der Waals surface area (Å²) in [6, 6.07) is 0. The highest BCUT2D eigenvalue weighted by Crippen LogP contribution is 2.27. The molecule has 0 radical (unpaired) electrons. The van der Waals surface area contributed by atoms with Crippen LogP contribution in [0.2, 0.25) is 0 Å². The van der Waals surface area contributed by atoms with Gasteiger partial charge in [-0.15, -0.1) is 0 Å². The van der Waals surface area contributed by atoms with Crippen LogP contribution in [0.15, 0.2) is 0 Å². The maximum Gasteiger partial charge on any atom is 0.410 e. The van der Waals surface area contributed by atoms with Gasteiger partial charge in [-0.1, -0.05) is 48.3 Å². The van der Waals surface area contributed by atoms with Crippen LogP contribution in [-0.2, 0) is 9.47 Å². The Balaban J connectivity index is 1.77. The molecule has 1 aliphatic heterocycles. The van der Waals surface area contributed by atoms with Gasteiger partial charge in [0.1, 0.15) is 5.60 Å². The fourth-order valence-corrected chi connectivity index (χ4v) is 4.07. The zero-order valence-electron chi connectivity index (χ0n) is 14.1. The molecule has 2 fully saturated rings. The summed E-state index contributed by atoms with van der Waals surface area (Å²) in [5.74, 6) is 0.710. The topological polar surface area (TPSA) is 38.8 Å². The number of alkyl halides is 1. The lowest BCUT2D eigenvalue weighted by atomic mass is 10.0. The van der Waals surface area contributed by atoms with Crippen molar-refractivity contribution in [3.63, 3.8) is 0 Å². The second-order valence-corrected chi connectivity index (χ2v) is 9.23. The fraction of sp³-hybridized carbons (Fsp3) is 0.941. The Labute approximate surface area is 148 Å². The van der Waals surface area contributed by atoms with Gasteiger partial charge >= 0.3 is 6.09 Å². The van der Waals surface area contributed by atoms with Crippen LogP contribution in [0.1, 0.15) is 59.3 Å². The fourth-order valence-electron chi connectivity index (χ4n) is 3.16. The molecule has 128 valence electrons. The molecule has 1 aliphatic carbocycles. The van der Waals surface area contributed by atoms with Gasteiger partial charge in [0.05, 0.1) is 16.6 Å². The molecular formula is C17H30INO3. The molecule has 1 heterocycles. The van der Waals surface area contributed by atoms with E-state index in [2.05, 4.69) is 22.6 Å². The monoisotopic (exact) mass is 423 g/mol. The Morgan fingerprint density at radius 3 is 2.36 bits per heavy atom. The molecule has 4 nitrogen and oxygen atoms in total. The molecule has 0 bridgehead atoms. The Kier molecular flexibility index (Phi) is 6.80.